The van der Waals surface area contributed by atoms with Gasteiger partial charge in [-0.15, -0.1) is 0 Å². The lowest BCUT2D eigenvalue weighted by Gasteiger charge is -2.15. The standard InChI is InChI=1S/C6H13N.C4H10O/c7-6-4-2-1-3-5-6;1-2-3-4-5/h6H,1-5,7H2;5H,2-4H2,1H3. The van der Waals surface area contributed by atoms with Crippen molar-refractivity contribution in [3.8, 4) is 0 Å². The minimum Gasteiger partial charge on any atom is -0.396 e. The summed E-state index contributed by atoms with van der Waals surface area (Å²) in [7, 11) is 0. The number of hydrogen-bond donors (Lipinski definition) is 2. The van der Waals surface area contributed by atoms with E-state index in [0.717, 1.165) is 12.8 Å². The molecule has 0 amide bonds. The van der Waals surface area contributed by atoms with E-state index in [9.17, 15) is 0 Å². The fraction of sp³-hybridized carbons (Fsp3) is 1.00. The van der Waals surface area contributed by atoms with Crippen molar-refractivity contribution in [3.63, 3.8) is 0 Å². The molecule has 12 heavy (non-hydrogen) atoms. The molecule has 0 unspecified atom stereocenters. The summed E-state index contributed by atoms with van der Waals surface area (Å²) < 4.78 is 0. The Hall–Kier alpha value is -0.0800. The van der Waals surface area contributed by atoms with Crippen LogP contribution in [0.1, 0.15) is 51.9 Å². The molecule has 0 saturated heterocycles. The van der Waals surface area contributed by atoms with Gasteiger partial charge in [0.25, 0.3) is 0 Å². The van der Waals surface area contributed by atoms with Crippen LogP contribution < -0.4 is 5.73 Å². The molecule has 0 aromatic rings. The van der Waals surface area contributed by atoms with E-state index in [1.807, 2.05) is 0 Å². The quantitative estimate of drug-likeness (QED) is 0.671. The first-order valence-corrected chi connectivity index (χ1v) is 5.17. The summed E-state index contributed by atoms with van der Waals surface area (Å²) in [6.07, 6.45) is 8.70. The SMILES string of the molecule is CCCCO.NC1CCCCC1. The van der Waals surface area contributed by atoms with Crippen molar-refractivity contribution in [3.05, 3.63) is 0 Å². The van der Waals surface area contributed by atoms with Crippen molar-refractivity contribution >= 4 is 0 Å². The Morgan fingerprint density at radius 1 is 1.25 bits per heavy atom. The average molecular weight is 173 g/mol. The van der Waals surface area contributed by atoms with Crippen LogP contribution in [0.15, 0.2) is 0 Å². The zero-order valence-electron chi connectivity index (χ0n) is 8.26. The summed E-state index contributed by atoms with van der Waals surface area (Å²) >= 11 is 0. The van der Waals surface area contributed by atoms with E-state index in [2.05, 4.69) is 6.92 Å². The number of aliphatic hydroxyl groups excluding tert-OH is 1. The number of unbranched alkanes of at least 4 members (excludes halogenated alkanes) is 1. The molecular weight excluding hydrogens is 150 g/mol. The molecule has 74 valence electrons. The van der Waals surface area contributed by atoms with Gasteiger partial charge in [0, 0.05) is 12.6 Å². The van der Waals surface area contributed by atoms with Crippen LogP contribution in [0.4, 0.5) is 0 Å². The molecule has 0 bridgehead atoms. The second kappa shape index (κ2) is 9.01. The third-order valence-corrected chi connectivity index (χ3v) is 2.16. The maximum absolute atomic E-state index is 8.07. The maximum Gasteiger partial charge on any atom is 0.0430 e. The van der Waals surface area contributed by atoms with Crippen LogP contribution in [-0.4, -0.2) is 17.8 Å². The molecule has 1 saturated carbocycles. The van der Waals surface area contributed by atoms with Gasteiger partial charge in [0.15, 0.2) is 0 Å². The molecule has 0 aliphatic heterocycles. The smallest absolute Gasteiger partial charge is 0.0430 e. The molecule has 1 aliphatic carbocycles. The molecule has 2 heteroatoms. The number of aliphatic hydroxyl groups is 1. The first kappa shape index (κ1) is 11.9. The number of nitrogens with two attached hydrogens (primary N) is 1. The normalized spacial score (nSPS) is 18.2. The van der Waals surface area contributed by atoms with E-state index in [1.54, 1.807) is 0 Å². The van der Waals surface area contributed by atoms with E-state index in [4.69, 9.17) is 10.8 Å². The molecule has 1 fully saturated rings. The zero-order valence-corrected chi connectivity index (χ0v) is 8.26. The topological polar surface area (TPSA) is 46.2 Å². The summed E-state index contributed by atoms with van der Waals surface area (Å²) in [5.74, 6) is 0. The minimum absolute atomic E-state index is 0.344. The van der Waals surface area contributed by atoms with E-state index in [0.29, 0.717) is 12.6 Å². The Bertz CT molecular complexity index is 77.9. The van der Waals surface area contributed by atoms with Crippen LogP contribution >= 0.6 is 0 Å². The van der Waals surface area contributed by atoms with Gasteiger partial charge in [-0.2, -0.15) is 0 Å². The molecule has 3 N–H and O–H groups in total. The molecule has 0 heterocycles. The first-order chi connectivity index (χ1) is 5.81. The second-order valence-corrected chi connectivity index (χ2v) is 3.48. The lowest BCUT2D eigenvalue weighted by atomic mass is 9.97. The fourth-order valence-corrected chi connectivity index (χ4v) is 1.29. The van der Waals surface area contributed by atoms with Crippen molar-refractivity contribution in [2.24, 2.45) is 5.73 Å². The molecule has 0 aromatic heterocycles. The Labute approximate surface area is 76.2 Å². The highest BCUT2D eigenvalue weighted by molar-refractivity contribution is 4.66. The highest BCUT2D eigenvalue weighted by Crippen LogP contribution is 2.14. The first-order valence-electron chi connectivity index (χ1n) is 5.17. The predicted octanol–water partition coefficient (Wildman–Crippen LogP) is 2.06. The summed E-state index contributed by atoms with van der Waals surface area (Å²) in [5.41, 5.74) is 5.63. The largest absolute Gasteiger partial charge is 0.396 e. The van der Waals surface area contributed by atoms with Gasteiger partial charge in [0.1, 0.15) is 0 Å². The number of hydrogen-bond acceptors (Lipinski definition) is 2. The monoisotopic (exact) mass is 173 g/mol. The van der Waals surface area contributed by atoms with Gasteiger partial charge in [-0.3, -0.25) is 0 Å². The molecule has 0 atom stereocenters. The van der Waals surface area contributed by atoms with Gasteiger partial charge in [-0.1, -0.05) is 32.6 Å². The van der Waals surface area contributed by atoms with Crippen molar-refractivity contribution in [1.82, 2.24) is 0 Å². The van der Waals surface area contributed by atoms with Crippen LogP contribution in [0, 0.1) is 0 Å². The third-order valence-electron chi connectivity index (χ3n) is 2.16. The molecule has 0 spiro atoms. The molecule has 2 nitrogen and oxygen atoms in total. The van der Waals surface area contributed by atoms with Gasteiger partial charge >= 0.3 is 0 Å². The maximum atomic E-state index is 8.07. The van der Waals surface area contributed by atoms with E-state index < -0.39 is 0 Å². The second-order valence-electron chi connectivity index (χ2n) is 3.48. The van der Waals surface area contributed by atoms with Crippen molar-refractivity contribution in [2.45, 2.75) is 57.9 Å². The number of rotatable bonds is 2. The predicted molar refractivity (Wildman–Crippen MR) is 53.1 cm³/mol. The van der Waals surface area contributed by atoms with Crippen LogP contribution in [0.2, 0.25) is 0 Å². The van der Waals surface area contributed by atoms with Crippen molar-refractivity contribution in [1.29, 1.82) is 0 Å². The van der Waals surface area contributed by atoms with Gasteiger partial charge < -0.3 is 10.8 Å². The van der Waals surface area contributed by atoms with E-state index >= 15 is 0 Å². The molecule has 1 aliphatic rings. The Morgan fingerprint density at radius 2 is 1.83 bits per heavy atom. The lowest BCUT2D eigenvalue weighted by Crippen LogP contribution is -2.22. The minimum atomic E-state index is 0.344. The third kappa shape index (κ3) is 8.02. The summed E-state index contributed by atoms with van der Waals surface area (Å²) in [5, 5.41) is 8.07. The van der Waals surface area contributed by atoms with Gasteiger partial charge in [0.05, 0.1) is 0 Å². The van der Waals surface area contributed by atoms with Crippen LogP contribution in [-0.2, 0) is 0 Å². The van der Waals surface area contributed by atoms with Gasteiger partial charge in [-0.25, -0.2) is 0 Å². The highest BCUT2D eigenvalue weighted by atomic mass is 16.2. The molecular formula is C10H23NO. The van der Waals surface area contributed by atoms with Crippen molar-refractivity contribution < 1.29 is 5.11 Å². The molecule has 1 rings (SSSR count). The zero-order chi connectivity index (χ0) is 9.23. The summed E-state index contributed by atoms with van der Waals surface area (Å²) in [6.45, 7) is 2.40. The Kier molecular flexibility index (Phi) is 8.95. The van der Waals surface area contributed by atoms with Crippen LogP contribution in [0.25, 0.3) is 0 Å². The van der Waals surface area contributed by atoms with E-state index in [-0.39, 0.29) is 0 Å². The molecule has 0 aromatic carbocycles. The average Bonchev–Trinajstić information content (AvgIpc) is 2.08. The molecule has 0 radical (unpaired) electrons. The summed E-state index contributed by atoms with van der Waals surface area (Å²) in [4.78, 5) is 0. The fourth-order valence-electron chi connectivity index (χ4n) is 1.29. The van der Waals surface area contributed by atoms with Gasteiger partial charge in [-0.05, 0) is 19.3 Å². The van der Waals surface area contributed by atoms with E-state index in [1.165, 1.54) is 32.1 Å². The van der Waals surface area contributed by atoms with Gasteiger partial charge in [0.2, 0.25) is 0 Å². The lowest BCUT2D eigenvalue weighted by molar-refractivity contribution is 0.287. The van der Waals surface area contributed by atoms with Crippen LogP contribution in [0.5, 0.6) is 0 Å². The summed E-state index contributed by atoms with van der Waals surface area (Å²) in [6, 6.07) is 0.536. The van der Waals surface area contributed by atoms with Crippen LogP contribution in [0.3, 0.4) is 0 Å². The highest BCUT2D eigenvalue weighted by Gasteiger charge is 2.06. The Balaban J connectivity index is 0.000000217. The Morgan fingerprint density at radius 3 is 2.00 bits per heavy atom. The van der Waals surface area contributed by atoms with Crippen molar-refractivity contribution in [2.75, 3.05) is 6.61 Å².